The smallest absolute Gasteiger partial charge is 0.316 e. The van der Waals surface area contributed by atoms with E-state index < -0.39 is 0 Å². The molecular formula is C15H19N5O. The molecule has 0 spiro atoms. The maximum atomic E-state index is 5.84. The summed E-state index contributed by atoms with van der Waals surface area (Å²) >= 11 is 0. The molecular weight excluding hydrogens is 266 g/mol. The second-order valence-corrected chi connectivity index (χ2v) is 5.43. The minimum absolute atomic E-state index is 0.0994. The summed E-state index contributed by atoms with van der Waals surface area (Å²) in [6, 6.07) is 0.447. The van der Waals surface area contributed by atoms with E-state index >= 15 is 0 Å². The van der Waals surface area contributed by atoms with Crippen LogP contribution in [0.15, 0.2) is 18.7 Å². The van der Waals surface area contributed by atoms with E-state index in [1.54, 1.807) is 18.7 Å². The Labute approximate surface area is 124 Å². The van der Waals surface area contributed by atoms with Gasteiger partial charge in [0.2, 0.25) is 0 Å². The third kappa shape index (κ3) is 2.94. The lowest BCUT2D eigenvalue weighted by Gasteiger charge is -2.19. The van der Waals surface area contributed by atoms with Gasteiger partial charge in [0, 0.05) is 36.6 Å². The van der Waals surface area contributed by atoms with Crippen molar-refractivity contribution in [3.8, 4) is 6.01 Å². The molecule has 2 aromatic heterocycles. The Morgan fingerprint density at radius 1 is 1.10 bits per heavy atom. The van der Waals surface area contributed by atoms with Crippen molar-refractivity contribution in [1.82, 2.24) is 19.9 Å². The van der Waals surface area contributed by atoms with E-state index in [-0.39, 0.29) is 6.10 Å². The summed E-state index contributed by atoms with van der Waals surface area (Å²) in [7, 11) is 0. The van der Waals surface area contributed by atoms with Gasteiger partial charge in [0.05, 0.1) is 6.54 Å². The molecule has 3 heterocycles. The van der Waals surface area contributed by atoms with E-state index in [9.17, 15) is 0 Å². The molecule has 6 heteroatoms. The number of rotatable bonds is 3. The molecule has 6 nitrogen and oxygen atoms in total. The van der Waals surface area contributed by atoms with Crippen LogP contribution in [0.3, 0.4) is 0 Å². The van der Waals surface area contributed by atoms with Gasteiger partial charge >= 0.3 is 6.01 Å². The van der Waals surface area contributed by atoms with Gasteiger partial charge in [0.1, 0.15) is 18.2 Å². The van der Waals surface area contributed by atoms with Crippen LogP contribution in [0.4, 0.5) is 5.82 Å². The van der Waals surface area contributed by atoms with Crippen molar-refractivity contribution >= 4 is 5.82 Å². The van der Waals surface area contributed by atoms with E-state index in [1.807, 2.05) is 13.8 Å². The monoisotopic (exact) mass is 285 g/mol. The summed E-state index contributed by atoms with van der Waals surface area (Å²) in [6.45, 7) is 7.75. The van der Waals surface area contributed by atoms with Crippen LogP contribution in [-0.4, -0.2) is 39.1 Å². The van der Waals surface area contributed by atoms with Gasteiger partial charge in [-0.25, -0.2) is 19.9 Å². The maximum absolute atomic E-state index is 5.84. The Hall–Kier alpha value is -2.24. The van der Waals surface area contributed by atoms with Crippen LogP contribution in [0.1, 0.15) is 23.2 Å². The third-order valence-corrected chi connectivity index (χ3v) is 3.78. The minimum atomic E-state index is 0.0994. The van der Waals surface area contributed by atoms with Gasteiger partial charge in [0.25, 0.3) is 0 Å². The summed E-state index contributed by atoms with van der Waals surface area (Å²) in [6.07, 6.45) is 6.21. The van der Waals surface area contributed by atoms with Crippen LogP contribution >= 0.6 is 0 Å². The maximum Gasteiger partial charge on any atom is 0.316 e. The number of hydrogen-bond acceptors (Lipinski definition) is 6. The minimum Gasteiger partial charge on any atom is -0.458 e. The molecule has 1 fully saturated rings. The highest BCUT2D eigenvalue weighted by Crippen LogP contribution is 2.24. The van der Waals surface area contributed by atoms with Crippen molar-refractivity contribution < 1.29 is 4.74 Å². The number of nitrogens with zero attached hydrogens (tertiary/aromatic N) is 5. The molecule has 0 radical (unpaired) electrons. The van der Waals surface area contributed by atoms with Crippen molar-refractivity contribution in [2.75, 3.05) is 18.0 Å². The molecule has 0 bridgehead atoms. The molecule has 0 aromatic carbocycles. The zero-order valence-electron chi connectivity index (χ0n) is 12.6. The molecule has 1 aliphatic heterocycles. The van der Waals surface area contributed by atoms with Gasteiger partial charge in [-0.2, -0.15) is 0 Å². The predicted octanol–water partition coefficient (Wildman–Crippen LogP) is 1.85. The second kappa shape index (κ2) is 5.63. The van der Waals surface area contributed by atoms with Crippen LogP contribution in [0.25, 0.3) is 0 Å². The Morgan fingerprint density at radius 3 is 2.62 bits per heavy atom. The van der Waals surface area contributed by atoms with Gasteiger partial charge in [-0.15, -0.1) is 0 Å². The number of aryl methyl sites for hydroxylation is 2. The fourth-order valence-corrected chi connectivity index (χ4v) is 2.45. The zero-order valence-corrected chi connectivity index (χ0v) is 12.6. The fourth-order valence-electron chi connectivity index (χ4n) is 2.45. The SMILES string of the molecule is Cc1cnc(OC2CCN(c3ncnc(C)c3C)C2)nc1. The Balaban J connectivity index is 1.68. The number of hydrogen-bond donors (Lipinski definition) is 0. The van der Waals surface area contributed by atoms with Gasteiger partial charge in [0.15, 0.2) is 0 Å². The Kier molecular flexibility index (Phi) is 3.68. The summed E-state index contributed by atoms with van der Waals surface area (Å²) < 4.78 is 5.84. The molecule has 0 saturated carbocycles. The molecule has 2 aromatic rings. The molecule has 1 aliphatic rings. The molecule has 0 N–H and O–H groups in total. The lowest BCUT2D eigenvalue weighted by molar-refractivity contribution is 0.206. The molecule has 110 valence electrons. The first kappa shape index (κ1) is 13.7. The standard InChI is InChI=1S/C15H19N5O/c1-10-6-16-15(17-7-10)21-13-4-5-20(8-13)14-11(2)12(3)18-9-19-14/h6-7,9,13H,4-5,8H2,1-3H3. The lowest BCUT2D eigenvalue weighted by Crippen LogP contribution is -2.26. The predicted molar refractivity (Wildman–Crippen MR) is 79.5 cm³/mol. The van der Waals surface area contributed by atoms with Crippen molar-refractivity contribution in [3.05, 3.63) is 35.5 Å². The highest BCUT2D eigenvalue weighted by molar-refractivity contribution is 5.48. The number of aromatic nitrogens is 4. The third-order valence-electron chi connectivity index (χ3n) is 3.78. The van der Waals surface area contributed by atoms with E-state index in [0.29, 0.717) is 6.01 Å². The Morgan fingerprint density at radius 2 is 1.86 bits per heavy atom. The molecule has 3 rings (SSSR count). The zero-order chi connectivity index (χ0) is 14.8. The first-order chi connectivity index (χ1) is 10.1. The summed E-state index contributed by atoms with van der Waals surface area (Å²) in [4.78, 5) is 19.2. The van der Waals surface area contributed by atoms with Crippen LogP contribution in [0.2, 0.25) is 0 Å². The summed E-state index contributed by atoms with van der Waals surface area (Å²) in [5, 5.41) is 0. The van der Waals surface area contributed by atoms with Gasteiger partial charge < -0.3 is 9.64 Å². The first-order valence-corrected chi connectivity index (χ1v) is 7.12. The van der Waals surface area contributed by atoms with Crippen molar-refractivity contribution in [3.63, 3.8) is 0 Å². The Bertz CT molecular complexity index is 628. The molecule has 21 heavy (non-hydrogen) atoms. The number of ether oxygens (including phenoxy) is 1. The second-order valence-electron chi connectivity index (χ2n) is 5.43. The largest absolute Gasteiger partial charge is 0.458 e. The van der Waals surface area contributed by atoms with Crippen molar-refractivity contribution in [2.24, 2.45) is 0 Å². The molecule has 1 unspecified atom stereocenters. The van der Waals surface area contributed by atoms with Crippen LogP contribution in [0.5, 0.6) is 6.01 Å². The molecule has 1 saturated heterocycles. The van der Waals surface area contributed by atoms with Crippen LogP contribution < -0.4 is 9.64 Å². The van der Waals surface area contributed by atoms with Crippen molar-refractivity contribution in [1.29, 1.82) is 0 Å². The summed E-state index contributed by atoms with van der Waals surface area (Å²) in [5.74, 6) is 0.999. The van der Waals surface area contributed by atoms with Crippen molar-refractivity contribution in [2.45, 2.75) is 33.3 Å². The van der Waals surface area contributed by atoms with Crippen LogP contribution in [0, 0.1) is 20.8 Å². The average Bonchev–Trinajstić information content (AvgIpc) is 2.93. The molecule has 1 atom stereocenters. The van der Waals surface area contributed by atoms with Gasteiger partial charge in [-0.05, 0) is 26.3 Å². The van der Waals surface area contributed by atoms with Gasteiger partial charge in [-0.1, -0.05) is 0 Å². The van der Waals surface area contributed by atoms with E-state index in [0.717, 1.165) is 42.1 Å². The molecule has 0 amide bonds. The topological polar surface area (TPSA) is 64.0 Å². The normalized spacial score (nSPS) is 18.0. The highest BCUT2D eigenvalue weighted by atomic mass is 16.5. The van der Waals surface area contributed by atoms with E-state index in [2.05, 4.69) is 31.8 Å². The highest BCUT2D eigenvalue weighted by Gasteiger charge is 2.27. The number of anilines is 1. The van der Waals surface area contributed by atoms with Crippen LogP contribution in [-0.2, 0) is 0 Å². The average molecular weight is 285 g/mol. The van der Waals surface area contributed by atoms with E-state index in [4.69, 9.17) is 4.74 Å². The quantitative estimate of drug-likeness (QED) is 0.857. The molecule has 0 aliphatic carbocycles. The summed E-state index contributed by atoms with van der Waals surface area (Å²) in [5.41, 5.74) is 3.18. The lowest BCUT2D eigenvalue weighted by atomic mass is 10.2. The first-order valence-electron chi connectivity index (χ1n) is 7.12. The van der Waals surface area contributed by atoms with E-state index in [1.165, 1.54) is 0 Å². The fraction of sp³-hybridized carbons (Fsp3) is 0.467. The van der Waals surface area contributed by atoms with Gasteiger partial charge in [-0.3, -0.25) is 0 Å².